The van der Waals surface area contributed by atoms with Crippen molar-refractivity contribution in [1.29, 1.82) is 0 Å². The van der Waals surface area contributed by atoms with Gasteiger partial charge < -0.3 is 25.2 Å². The van der Waals surface area contributed by atoms with Crippen molar-refractivity contribution in [2.45, 2.75) is 206 Å². The van der Waals surface area contributed by atoms with Gasteiger partial charge in [-0.05, 0) is 12.8 Å². The van der Waals surface area contributed by atoms with E-state index in [0.717, 1.165) is 38.5 Å². The van der Waals surface area contributed by atoms with Crippen molar-refractivity contribution in [3.63, 3.8) is 0 Å². The fraction of sp³-hybridized carbons (Fsp3) is 0.947. The molecular weight excluding hydrogens is 645 g/mol. The Kier molecular flexibility index (Phi) is 34.6. The third-order valence-electron chi connectivity index (χ3n) is 8.89. The Balaban J connectivity index is 4.23. The maximum atomic E-state index is 12.6. The van der Waals surface area contributed by atoms with Crippen LogP contribution in [0, 0.1) is 0 Å². The second-order valence-electron chi connectivity index (χ2n) is 13.8. The van der Waals surface area contributed by atoms with Gasteiger partial charge in [-0.25, -0.2) is 4.57 Å². The Morgan fingerprint density at radius 2 is 0.939 bits per heavy atom. The van der Waals surface area contributed by atoms with Gasteiger partial charge in [-0.1, -0.05) is 174 Å². The molecule has 4 N–H and O–H groups in total. The minimum atomic E-state index is -4.60. The first kappa shape index (κ1) is 48.0. The van der Waals surface area contributed by atoms with E-state index in [1.165, 1.54) is 135 Å². The Hall–Kier alpha value is -1.03. The highest BCUT2D eigenvalue weighted by atomic mass is 31.2. The van der Waals surface area contributed by atoms with Gasteiger partial charge >= 0.3 is 19.8 Å². The molecule has 3 unspecified atom stereocenters. The summed E-state index contributed by atoms with van der Waals surface area (Å²) in [6.07, 6.45) is 32.9. The number of hydrogen-bond acceptors (Lipinski definition) is 8. The van der Waals surface area contributed by atoms with Gasteiger partial charge in [0, 0.05) is 13.0 Å². The van der Waals surface area contributed by atoms with Crippen LogP contribution < -0.4 is 5.73 Å². The minimum absolute atomic E-state index is 0.0252. The number of aliphatic carboxylic acids is 1. The fourth-order valence-corrected chi connectivity index (χ4v) is 6.50. The standard InChI is InChI=1S/C38H76NO9P/c1-3-5-7-9-11-13-15-17-18-19-21-23-25-27-29-31-45-32-35(33-46-49(43,44)47-34-36(39)38(41)42)48-37(40)30-28-26-24-22-20-16-14-12-10-8-6-4-2/h35-36H,3-34,39H2,1-2H3,(H,41,42)(H,43,44). The highest BCUT2D eigenvalue weighted by molar-refractivity contribution is 7.47. The van der Waals surface area contributed by atoms with Crippen molar-refractivity contribution in [3.05, 3.63) is 0 Å². The molecule has 0 aliphatic carbocycles. The van der Waals surface area contributed by atoms with Crippen LogP contribution in [0.15, 0.2) is 0 Å². The second kappa shape index (κ2) is 35.4. The van der Waals surface area contributed by atoms with E-state index < -0.39 is 45.1 Å². The van der Waals surface area contributed by atoms with Crippen LogP contribution in [0.4, 0.5) is 0 Å². The number of ether oxygens (including phenoxy) is 2. The maximum Gasteiger partial charge on any atom is 0.472 e. The fourth-order valence-electron chi connectivity index (χ4n) is 5.72. The number of esters is 1. The lowest BCUT2D eigenvalue weighted by atomic mass is 10.0. The molecule has 49 heavy (non-hydrogen) atoms. The number of phosphoric ester groups is 1. The molecule has 0 aromatic carbocycles. The lowest BCUT2D eigenvalue weighted by Crippen LogP contribution is -2.34. The third kappa shape index (κ3) is 35.2. The molecule has 292 valence electrons. The molecule has 0 heterocycles. The van der Waals surface area contributed by atoms with E-state index in [9.17, 15) is 19.0 Å². The first-order valence-electron chi connectivity index (χ1n) is 20.1. The molecule has 0 bridgehead atoms. The molecular formula is C38H76NO9P. The summed E-state index contributed by atoms with van der Waals surface area (Å²) in [6, 6.07) is -1.47. The monoisotopic (exact) mass is 722 g/mol. The molecule has 10 nitrogen and oxygen atoms in total. The van der Waals surface area contributed by atoms with Crippen LogP contribution in [0.1, 0.15) is 194 Å². The maximum absolute atomic E-state index is 12.6. The Labute approximate surface area is 299 Å². The number of unbranched alkanes of at least 4 members (excludes halogenated alkanes) is 25. The predicted molar refractivity (Wildman–Crippen MR) is 199 cm³/mol. The van der Waals surface area contributed by atoms with E-state index >= 15 is 0 Å². The van der Waals surface area contributed by atoms with Crippen LogP contribution in [-0.2, 0) is 32.7 Å². The zero-order chi connectivity index (χ0) is 36.3. The molecule has 0 aromatic heterocycles. The summed E-state index contributed by atoms with van der Waals surface area (Å²) in [5.74, 6) is -1.77. The van der Waals surface area contributed by atoms with Gasteiger partial charge in [0.2, 0.25) is 0 Å². The zero-order valence-electron chi connectivity index (χ0n) is 31.6. The van der Waals surface area contributed by atoms with Crippen LogP contribution >= 0.6 is 7.82 Å². The number of nitrogens with two attached hydrogens (primary N) is 1. The van der Waals surface area contributed by atoms with E-state index in [4.69, 9.17) is 29.4 Å². The Bertz CT molecular complexity index is 801. The SMILES string of the molecule is CCCCCCCCCCCCCCCCCOCC(COP(=O)(O)OCC(N)C(=O)O)OC(=O)CCCCCCCCCCCCCC. The molecule has 0 saturated heterocycles. The van der Waals surface area contributed by atoms with Gasteiger partial charge in [0.05, 0.1) is 19.8 Å². The first-order valence-corrected chi connectivity index (χ1v) is 21.6. The number of carboxylic acids is 1. The van der Waals surface area contributed by atoms with Crippen LogP contribution in [0.3, 0.4) is 0 Å². The van der Waals surface area contributed by atoms with E-state index in [2.05, 4.69) is 13.8 Å². The number of hydrogen-bond donors (Lipinski definition) is 3. The molecule has 0 spiro atoms. The number of carboxylic acid groups (broad SMARTS) is 1. The molecule has 0 aliphatic heterocycles. The first-order chi connectivity index (χ1) is 23.7. The number of carbonyl (C=O) groups excluding carboxylic acids is 1. The van der Waals surface area contributed by atoms with Gasteiger partial charge in [0.15, 0.2) is 0 Å². The molecule has 0 radical (unpaired) electrons. The van der Waals surface area contributed by atoms with Crippen LogP contribution in [0.25, 0.3) is 0 Å². The summed E-state index contributed by atoms with van der Waals surface area (Å²) in [7, 11) is -4.60. The molecule has 0 aliphatic rings. The third-order valence-corrected chi connectivity index (χ3v) is 9.84. The van der Waals surface area contributed by atoms with E-state index in [1.54, 1.807) is 0 Å². The van der Waals surface area contributed by atoms with Crippen molar-refractivity contribution >= 4 is 19.8 Å². The normalized spacial score (nSPS) is 14.0. The van der Waals surface area contributed by atoms with Crippen molar-refractivity contribution in [3.8, 4) is 0 Å². The average molecular weight is 722 g/mol. The van der Waals surface area contributed by atoms with Crippen molar-refractivity contribution in [2.75, 3.05) is 26.4 Å². The highest BCUT2D eigenvalue weighted by Gasteiger charge is 2.27. The van der Waals surface area contributed by atoms with Crippen LogP contribution in [0.5, 0.6) is 0 Å². The zero-order valence-corrected chi connectivity index (χ0v) is 32.5. The summed E-state index contributed by atoms with van der Waals surface area (Å²) in [6.45, 7) is 3.90. The van der Waals surface area contributed by atoms with Gasteiger partial charge in [-0.3, -0.25) is 18.6 Å². The number of rotatable bonds is 39. The van der Waals surface area contributed by atoms with E-state index in [-0.39, 0.29) is 13.0 Å². The molecule has 0 saturated carbocycles. The highest BCUT2D eigenvalue weighted by Crippen LogP contribution is 2.43. The Morgan fingerprint density at radius 3 is 1.35 bits per heavy atom. The van der Waals surface area contributed by atoms with Gasteiger partial charge in [0.25, 0.3) is 0 Å². The van der Waals surface area contributed by atoms with Crippen molar-refractivity contribution in [1.82, 2.24) is 0 Å². The lowest BCUT2D eigenvalue weighted by molar-refractivity contribution is -0.154. The number of phosphoric acid groups is 1. The predicted octanol–water partition coefficient (Wildman–Crippen LogP) is 10.4. The Morgan fingerprint density at radius 1 is 0.571 bits per heavy atom. The van der Waals surface area contributed by atoms with E-state index in [0.29, 0.717) is 6.61 Å². The summed E-state index contributed by atoms with van der Waals surface area (Å²) in [5.41, 5.74) is 5.34. The molecule has 0 fully saturated rings. The van der Waals surface area contributed by atoms with Crippen LogP contribution in [0.2, 0.25) is 0 Å². The van der Waals surface area contributed by atoms with Gasteiger partial charge in [-0.15, -0.1) is 0 Å². The summed E-state index contributed by atoms with van der Waals surface area (Å²) < 4.78 is 33.2. The summed E-state index contributed by atoms with van der Waals surface area (Å²) >= 11 is 0. The number of carbonyl (C=O) groups is 2. The quantitative estimate of drug-likeness (QED) is 0.0317. The lowest BCUT2D eigenvalue weighted by Gasteiger charge is -2.20. The summed E-state index contributed by atoms with van der Waals surface area (Å²) in [5, 5.41) is 8.87. The average Bonchev–Trinajstić information content (AvgIpc) is 3.07. The smallest absolute Gasteiger partial charge is 0.472 e. The van der Waals surface area contributed by atoms with Gasteiger partial charge in [-0.2, -0.15) is 0 Å². The molecule has 0 amide bonds. The molecule has 11 heteroatoms. The van der Waals surface area contributed by atoms with Crippen molar-refractivity contribution < 1.29 is 42.7 Å². The van der Waals surface area contributed by atoms with Crippen LogP contribution in [-0.4, -0.2) is 60.5 Å². The summed E-state index contributed by atoms with van der Waals surface area (Å²) in [4.78, 5) is 33.4. The van der Waals surface area contributed by atoms with E-state index in [1.807, 2.05) is 0 Å². The second-order valence-corrected chi connectivity index (χ2v) is 15.2. The van der Waals surface area contributed by atoms with Crippen molar-refractivity contribution in [2.24, 2.45) is 5.73 Å². The minimum Gasteiger partial charge on any atom is -0.480 e. The molecule has 0 aromatic rings. The molecule has 0 rings (SSSR count). The van der Waals surface area contributed by atoms with Gasteiger partial charge in [0.1, 0.15) is 12.1 Å². The topological polar surface area (TPSA) is 155 Å². The molecule has 3 atom stereocenters. The largest absolute Gasteiger partial charge is 0.480 e.